The summed E-state index contributed by atoms with van der Waals surface area (Å²) >= 11 is 5.88. The predicted octanol–water partition coefficient (Wildman–Crippen LogP) is 3.90. The second-order valence-corrected chi connectivity index (χ2v) is 4.78. The van der Waals surface area contributed by atoms with E-state index in [1.807, 2.05) is 0 Å². The van der Waals surface area contributed by atoms with Crippen LogP contribution in [0.1, 0.15) is 17.2 Å². The first kappa shape index (κ1) is 14.8. The summed E-state index contributed by atoms with van der Waals surface area (Å²) in [4.78, 5) is 0. The van der Waals surface area contributed by atoms with Crippen molar-refractivity contribution in [2.75, 3.05) is 7.11 Å². The average Bonchev–Trinajstić information content (AvgIpc) is 2.42. The number of halogens is 3. The molecule has 106 valence electrons. The van der Waals surface area contributed by atoms with Crippen LogP contribution in [0.5, 0.6) is 5.75 Å². The topological polar surface area (TPSA) is 29.5 Å². The number of benzene rings is 2. The first-order valence-corrected chi connectivity index (χ1v) is 6.34. The molecule has 5 heteroatoms. The van der Waals surface area contributed by atoms with Gasteiger partial charge in [-0.2, -0.15) is 0 Å². The van der Waals surface area contributed by atoms with Gasteiger partial charge in [-0.25, -0.2) is 8.78 Å². The Morgan fingerprint density at radius 2 is 1.95 bits per heavy atom. The van der Waals surface area contributed by atoms with Crippen LogP contribution >= 0.6 is 11.6 Å². The van der Waals surface area contributed by atoms with Crippen molar-refractivity contribution in [3.63, 3.8) is 0 Å². The molecule has 1 N–H and O–H groups in total. The van der Waals surface area contributed by atoms with Crippen molar-refractivity contribution in [1.29, 1.82) is 0 Å². The zero-order chi connectivity index (χ0) is 14.7. The van der Waals surface area contributed by atoms with Crippen molar-refractivity contribution >= 4 is 11.6 Å². The van der Waals surface area contributed by atoms with E-state index in [1.165, 1.54) is 7.11 Å². The van der Waals surface area contributed by atoms with E-state index in [1.54, 1.807) is 18.2 Å². The molecule has 2 nitrogen and oxygen atoms in total. The summed E-state index contributed by atoms with van der Waals surface area (Å²) in [5, 5.41) is 10.6. The molecule has 0 heterocycles. The lowest BCUT2D eigenvalue weighted by Gasteiger charge is -2.15. The van der Waals surface area contributed by atoms with Gasteiger partial charge in [-0.3, -0.25) is 0 Å². The molecule has 0 aliphatic carbocycles. The van der Waals surface area contributed by atoms with Crippen LogP contribution in [0, 0.1) is 11.6 Å². The molecule has 0 bridgehead atoms. The van der Waals surface area contributed by atoms with Crippen molar-refractivity contribution < 1.29 is 18.6 Å². The fourth-order valence-corrected chi connectivity index (χ4v) is 2.16. The van der Waals surface area contributed by atoms with Gasteiger partial charge in [0.15, 0.2) is 0 Å². The maximum absolute atomic E-state index is 13.6. The molecule has 2 rings (SSSR count). The molecule has 0 fully saturated rings. The lowest BCUT2D eigenvalue weighted by Crippen LogP contribution is -2.06. The first-order chi connectivity index (χ1) is 9.51. The molecule has 0 aliphatic rings. The number of hydrogen-bond donors (Lipinski definition) is 1. The van der Waals surface area contributed by atoms with Crippen LogP contribution in [0.2, 0.25) is 5.02 Å². The van der Waals surface area contributed by atoms with Gasteiger partial charge in [0, 0.05) is 17.0 Å². The molecule has 1 atom stereocenters. The van der Waals surface area contributed by atoms with E-state index < -0.39 is 17.7 Å². The van der Waals surface area contributed by atoms with Crippen LogP contribution < -0.4 is 4.74 Å². The number of ether oxygens (including phenoxy) is 1. The number of aliphatic hydroxyl groups is 1. The van der Waals surface area contributed by atoms with E-state index in [-0.39, 0.29) is 12.0 Å². The number of rotatable bonds is 4. The first-order valence-electron chi connectivity index (χ1n) is 5.96. The quantitative estimate of drug-likeness (QED) is 0.927. The molecule has 0 saturated carbocycles. The highest BCUT2D eigenvalue weighted by Crippen LogP contribution is 2.30. The number of methoxy groups -OCH3 is 1. The summed E-state index contributed by atoms with van der Waals surface area (Å²) in [6.45, 7) is 0. The van der Waals surface area contributed by atoms with Crippen LogP contribution in [-0.4, -0.2) is 12.2 Å². The summed E-state index contributed by atoms with van der Waals surface area (Å²) in [5.41, 5.74) is 0.531. The molecule has 0 aliphatic heterocycles. The molecule has 0 radical (unpaired) electrons. The van der Waals surface area contributed by atoms with Gasteiger partial charge < -0.3 is 9.84 Å². The minimum Gasteiger partial charge on any atom is -0.496 e. The molecule has 0 spiro atoms. The Labute approximate surface area is 120 Å². The van der Waals surface area contributed by atoms with E-state index in [9.17, 15) is 13.9 Å². The van der Waals surface area contributed by atoms with Crippen molar-refractivity contribution in [1.82, 2.24) is 0 Å². The van der Waals surface area contributed by atoms with Gasteiger partial charge in [-0.15, -0.1) is 0 Å². The number of hydrogen-bond acceptors (Lipinski definition) is 2. The largest absolute Gasteiger partial charge is 0.496 e. The Morgan fingerprint density at radius 3 is 2.65 bits per heavy atom. The van der Waals surface area contributed by atoms with Gasteiger partial charge in [0.25, 0.3) is 0 Å². The summed E-state index contributed by atoms with van der Waals surface area (Å²) < 4.78 is 31.8. The highest BCUT2D eigenvalue weighted by atomic mass is 35.5. The fourth-order valence-electron chi connectivity index (χ4n) is 1.98. The zero-order valence-corrected chi connectivity index (χ0v) is 11.5. The van der Waals surface area contributed by atoms with E-state index in [0.29, 0.717) is 16.3 Å². The average molecular weight is 299 g/mol. The Bertz CT molecular complexity index is 617. The SMILES string of the molecule is COc1ccc(Cl)cc1C(O)Cc1cc(F)ccc1F. The van der Waals surface area contributed by atoms with Gasteiger partial charge in [-0.05, 0) is 42.0 Å². The summed E-state index contributed by atoms with van der Waals surface area (Å²) in [6, 6.07) is 7.91. The smallest absolute Gasteiger partial charge is 0.126 e. The maximum Gasteiger partial charge on any atom is 0.126 e. The molecule has 20 heavy (non-hydrogen) atoms. The summed E-state index contributed by atoms with van der Waals surface area (Å²) in [5.74, 6) is -0.670. The lowest BCUT2D eigenvalue weighted by molar-refractivity contribution is 0.172. The molecular formula is C15H13ClF2O2. The van der Waals surface area contributed by atoms with Crippen molar-refractivity contribution in [2.24, 2.45) is 0 Å². The molecule has 1 unspecified atom stereocenters. The maximum atomic E-state index is 13.6. The van der Waals surface area contributed by atoms with Crippen LogP contribution in [0.3, 0.4) is 0 Å². The Kier molecular flexibility index (Phi) is 4.57. The predicted molar refractivity (Wildman–Crippen MR) is 73.0 cm³/mol. The second-order valence-electron chi connectivity index (χ2n) is 4.34. The van der Waals surface area contributed by atoms with E-state index in [0.717, 1.165) is 18.2 Å². The van der Waals surface area contributed by atoms with E-state index >= 15 is 0 Å². The van der Waals surface area contributed by atoms with E-state index in [4.69, 9.17) is 16.3 Å². The highest BCUT2D eigenvalue weighted by Gasteiger charge is 2.17. The summed E-state index contributed by atoms with van der Waals surface area (Å²) in [7, 11) is 1.46. The van der Waals surface area contributed by atoms with Gasteiger partial charge in [0.2, 0.25) is 0 Å². The molecule has 0 aromatic heterocycles. The Hall–Kier alpha value is -1.65. The van der Waals surface area contributed by atoms with Crippen LogP contribution in [0.25, 0.3) is 0 Å². The molecule has 0 amide bonds. The van der Waals surface area contributed by atoms with Gasteiger partial charge in [0.1, 0.15) is 17.4 Å². The molecule has 0 saturated heterocycles. The third-order valence-electron chi connectivity index (χ3n) is 2.97. The third-order valence-corrected chi connectivity index (χ3v) is 3.21. The number of aliphatic hydroxyl groups excluding tert-OH is 1. The monoisotopic (exact) mass is 298 g/mol. The molecular weight excluding hydrogens is 286 g/mol. The van der Waals surface area contributed by atoms with Crippen LogP contribution in [-0.2, 0) is 6.42 Å². The minimum atomic E-state index is -1.04. The van der Waals surface area contributed by atoms with Crippen LogP contribution in [0.4, 0.5) is 8.78 Å². The molecule has 2 aromatic carbocycles. The standard InChI is InChI=1S/C15H13ClF2O2/c1-20-15-5-2-10(16)8-12(15)14(19)7-9-6-11(17)3-4-13(9)18/h2-6,8,14,19H,7H2,1H3. The lowest BCUT2D eigenvalue weighted by atomic mass is 10.00. The van der Waals surface area contributed by atoms with Gasteiger partial charge >= 0.3 is 0 Å². The summed E-state index contributed by atoms with van der Waals surface area (Å²) in [6.07, 6.45) is -1.11. The minimum absolute atomic E-state index is 0.0692. The van der Waals surface area contributed by atoms with Crippen molar-refractivity contribution in [3.05, 3.63) is 64.2 Å². The highest BCUT2D eigenvalue weighted by molar-refractivity contribution is 6.30. The molecule has 2 aromatic rings. The fraction of sp³-hybridized carbons (Fsp3) is 0.200. The van der Waals surface area contributed by atoms with Crippen molar-refractivity contribution in [3.8, 4) is 5.75 Å². The second kappa shape index (κ2) is 6.20. The van der Waals surface area contributed by atoms with E-state index in [2.05, 4.69) is 0 Å². The van der Waals surface area contributed by atoms with Crippen molar-refractivity contribution in [2.45, 2.75) is 12.5 Å². The Morgan fingerprint density at radius 1 is 1.20 bits per heavy atom. The third kappa shape index (κ3) is 3.26. The van der Waals surface area contributed by atoms with Gasteiger partial charge in [0.05, 0.1) is 13.2 Å². The van der Waals surface area contributed by atoms with Gasteiger partial charge in [-0.1, -0.05) is 11.6 Å². The normalized spacial score (nSPS) is 12.2. The zero-order valence-electron chi connectivity index (χ0n) is 10.7. The Balaban J connectivity index is 2.30. The van der Waals surface area contributed by atoms with Crippen LogP contribution in [0.15, 0.2) is 36.4 Å².